The summed E-state index contributed by atoms with van der Waals surface area (Å²) in [5.41, 5.74) is 2.33. The van der Waals surface area contributed by atoms with Crippen LogP contribution in [0.2, 0.25) is 0 Å². The van der Waals surface area contributed by atoms with Crippen molar-refractivity contribution >= 4 is 15.9 Å². The van der Waals surface area contributed by atoms with Crippen LogP contribution in [0.3, 0.4) is 0 Å². The zero-order valence-corrected chi connectivity index (χ0v) is 12.3. The molecule has 1 aliphatic carbocycles. The Kier molecular flexibility index (Phi) is 4.62. The van der Waals surface area contributed by atoms with E-state index in [1.807, 2.05) is 0 Å². The van der Waals surface area contributed by atoms with Gasteiger partial charge in [-0.2, -0.15) is 5.10 Å². The van der Waals surface area contributed by atoms with Gasteiger partial charge in [0.25, 0.3) is 0 Å². The number of rotatable bonds is 5. The molecule has 0 unspecified atom stereocenters. The molecule has 0 aromatic carbocycles. The zero-order valence-electron chi connectivity index (χ0n) is 10.7. The predicted octanol–water partition coefficient (Wildman–Crippen LogP) is 3.69. The van der Waals surface area contributed by atoms with Gasteiger partial charge in [0.15, 0.2) is 0 Å². The molecule has 1 aliphatic rings. The van der Waals surface area contributed by atoms with Gasteiger partial charge >= 0.3 is 0 Å². The van der Waals surface area contributed by atoms with Gasteiger partial charge in [0.05, 0.1) is 28.6 Å². The Morgan fingerprint density at radius 2 is 2.06 bits per heavy atom. The number of nitrogens with zero attached hydrogens (tertiary/aromatic N) is 2. The Bertz CT molecular complexity index is 370. The summed E-state index contributed by atoms with van der Waals surface area (Å²) in [6.45, 7) is 5.85. The van der Waals surface area contributed by atoms with Crippen LogP contribution in [0.15, 0.2) is 4.47 Å². The van der Waals surface area contributed by atoms with E-state index in [9.17, 15) is 0 Å². The summed E-state index contributed by atoms with van der Waals surface area (Å²) in [7, 11) is 0. The maximum absolute atomic E-state index is 5.98. The van der Waals surface area contributed by atoms with E-state index in [0.717, 1.165) is 23.1 Å². The van der Waals surface area contributed by atoms with E-state index in [0.29, 0.717) is 12.7 Å². The van der Waals surface area contributed by atoms with Crippen LogP contribution in [-0.4, -0.2) is 15.9 Å². The number of hydrogen-bond donors (Lipinski definition) is 0. The molecule has 4 heteroatoms. The van der Waals surface area contributed by atoms with E-state index < -0.39 is 0 Å². The van der Waals surface area contributed by atoms with E-state index in [4.69, 9.17) is 4.74 Å². The smallest absolute Gasteiger partial charge is 0.0900 e. The fourth-order valence-corrected chi connectivity index (χ4v) is 3.09. The van der Waals surface area contributed by atoms with Crippen molar-refractivity contribution in [2.75, 3.05) is 0 Å². The van der Waals surface area contributed by atoms with Gasteiger partial charge in [-0.05, 0) is 42.1 Å². The molecule has 96 valence electrons. The standard InChI is InChI=1S/C13H21BrN2O/c1-3-11-13(14)12(16(4-2)15-11)9-17-10-7-5-6-8-10/h10H,3-9H2,1-2H3. The third kappa shape index (κ3) is 2.91. The highest BCUT2D eigenvalue weighted by atomic mass is 79.9. The fraction of sp³-hybridized carbons (Fsp3) is 0.769. The van der Waals surface area contributed by atoms with Crippen LogP contribution in [-0.2, 0) is 24.3 Å². The number of ether oxygens (including phenoxy) is 1. The molecular formula is C13H21BrN2O. The van der Waals surface area contributed by atoms with Crippen LogP contribution in [0, 0.1) is 0 Å². The first kappa shape index (κ1) is 13.1. The summed E-state index contributed by atoms with van der Waals surface area (Å²) < 4.78 is 9.17. The molecule has 0 aliphatic heterocycles. The quantitative estimate of drug-likeness (QED) is 0.829. The first-order valence-electron chi connectivity index (χ1n) is 6.61. The number of hydrogen-bond acceptors (Lipinski definition) is 2. The third-order valence-electron chi connectivity index (χ3n) is 3.45. The first-order chi connectivity index (χ1) is 8.26. The molecule has 0 saturated heterocycles. The second-order valence-electron chi connectivity index (χ2n) is 4.59. The minimum absolute atomic E-state index is 0.465. The van der Waals surface area contributed by atoms with Gasteiger partial charge in [0.2, 0.25) is 0 Å². The molecule has 1 aromatic heterocycles. The minimum atomic E-state index is 0.465. The van der Waals surface area contributed by atoms with Gasteiger partial charge in [0, 0.05) is 6.54 Å². The van der Waals surface area contributed by atoms with Gasteiger partial charge in [-0.3, -0.25) is 4.68 Å². The van der Waals surface area contributed by atoms with Crippen molar-refractivity contribution in [1.29, 1.82) is 0 Å². The number of aromatic nitrogens is 2. The van der Waals surface area contributed by atoms with Gasteiger partial charge in [-0.25, -0.2) is 0 Å². The highest BCUT2D eigenvalue weighted by Crippen LogP contribution is 2.26. The Morgan fingerprint density at radius 3 is 2.65 bits per heavy atom. The molecule has 0 spiro atoms. The highest BCUT2D eigenvalue weighted by molar-refractivity contribution is 9.10. The number of halogens is 1. The lowest BCUT2D eigenvalue weighted by atomic mass is 10.3. The van der Waals surface area contributed by atoms with Crippen molar-refractivity contribution in [3.05, 3.63) is 15.9 Å². The molecule has 0 radical (unpaired) electrons. The van der Waals surface area contributed by atoms with Crippen LogP contribution >= 0.6 is 15.9 Å². The van der Waals surface area contributed by atoms with Crippen molar-refractivity contribution in [3.63, 3.8) is 0 Å². The first-order valence-corrected chi connectivity index (χ1v) is 7.41. The Balaban J connectivity index is 2.05. The van der Waals surface area contributed by atoms with Crippen LogP contribution in [0.25, 0.3) is 0 Å². The van der Waals surface area contributed by atoms with Crippen molar-refractivity contribution in [2.24, 2.45) is 0 Å². The zero-order chi connectivity index (χ0) is 12.3. The second-order valence-corrected chi connectivity index (χ2v) is 5.39. The predicted molar refractivity (Wildman–Crippen MR) is 72.0 cm³/mol. The maximum Gasteiger partial charge on any atom is 0.0900 e. The minimum Gasteiger partial charge on any atom is -0.372 e. The molecule has 1 heterocycles. The molecule has 3 nitrogen and oxygen atoms in total. The average molecular weight is 301 g/mol. The fourth-order valence-electron chi connectivity index (χ4n) is 2.41. The Labute approximate surface area is 112 Å². The normalized spacial score (nSPS) is 16.9. The molecule has 17 heavy (non-hydrogen) atoms. The lowest BCUT2D eigenvalue weighted by Gasteiger charge is -2.12. The molecule has 0 N–H and O–H groups in total. The van der Waals surface area contributed by atoms with Gasteiger partial charge in [-0.1, -0.05) is 19.8 Å². The van der Waals surface area contributed by atoms with E-state index >= 15 is 0 Å². The topological polar surface area (TPSA) is 27.1 Å². The van der Waals surface area contributed by atoms with Gasteiger partial charge in [-0.15, -0.1) is 0 Å². The Hall–Kier alpha value is -0.350. The summed E-state index contributed by atoms with van der Waals surface area (Å²) in [6, 6.07) is 0. The van der Waals surface area contributed by atoms with Crippen LogP contribution in [0.1, 0.15) is 50.9 Å². The molecule has 0 amide bonds. The summed E-state index contributed by atoms with van der Waals surface area (Å²) >= 11 is 3.65. The monoisotopic (exact) mass is 300 g/mol. The van der Waals surface area contributed by atoms with Crippen molar-refractivity contribution < 1.29 is 4.74 Å². The molecule has 1 saturated carbocycles. The Morgan fingerprint density at radius 1 is 1.35 bits per heavy atom. The molecule has 1 fully saturated rings. The SMILES string of the molecule is CCc1nn(CC)c(COC2CCCC2)c1Br. The van der Waals surface area contributed by atoms with E-state index in [2.05, 4.69) is 39.6 Å². The van der Waals surface area contributed by atoms with Crippen molar-refractivity contribution in [3.8, 4) is 0 Å². The van der Waals surface area contributed by atoms with E-state index in [1.54, 1.807) is 0 Å². The molecule has 0 bridgehead atoms. The van der Waals surface area contributed by atoms with Crippen LogP contribution < -0.4 is 0 Å². The van der Waals surface area contributed by atoms with E-state index in [1.165, 1.54) is 31.4 Å². The maximum atomic E-state index is 5.98. The second kappa shape index (κ2) is 6.01. The number of aryl methyl sites for hydroxylation is 2. The molecule has 2 rings (SSSR count). The van der Waals surface area contributed by atoms with Crippen molar-refractivity contribution in [2.45, 2.75) is 65.2 Å². The average Bonchev–Trinajstić information content (AvgIpc) is 2.94. The van der Waals surface area contributed by atoms with Gasteiger partial charge < -0.3 is 4.74 Å². The summed E-state index contributed by atoms with van der Waals surface area (Å²) in [6.07, 6.45) is 6.51. The van der Waals surface area contributed by atoms with Crippen LogP contribution in [0.4, 0.5) is 0 Å². The van der Waals surface area contributed by atoms with Crippen molar-refractivity contribution in [1.82, 2.24) is 9.78 Å². The molecule has 0 atom stereocenters. The molecular weight excluding hydrogens is 280 g/mol. The molecule has 1 aromatic rings. The van der Waals surface area contributed by atoms with Crippen LogP contribution in [0.5, 0.6) is 0 Å². The lowest BCUT2D eigenvalue weighted by molar-refractivity contribution is 0.0413. The summed E-state index contributed by atoms with van der Waals surface area (Å²) in [5, 5.41) is 4.58. The van der Waals surface area contributed by atoms with E-state index in [-0.39, 0.29) is 0 Å². The summed E-state index contributed by atoms with van der Waals surface area (Å²) in [4.78, 5) is 0. The van der Waals surface area contributed by atoms with Gasteiger partial charge in [0.1, 0.15) is 0 Å². The third-order valence-corrected chi connectivity index (χ3v) is 4.37. The lowest BCUT2D eigenvalue weighted by Crippen LogP contribution is -2.11. The summed E-state index contributed by atoms with van der Waals surface area (Å²) in [5.74, 6) is 0. The highest BCUT2D eigenvalue weighted by Gasteiger charge is 2.18. The largest absolute Gasteiger partial charge is 0.372 e.